The second-order valence-electron chi connectivity index (χ2n) is 4.80. The molecule has 2 rings (SSSR count). The van der Waals surface area contributed by atoms with Crippen LogP contribution >= 0.6 is 39.5 Å². The molecule has 0 bridgehead atoms. The van der Waals surface area contributed by atoms with Crippen molar-refractivity contribution in [2.75, 3.05) is 24.9 Å². The molecule has 132 valence electrons. The molecule has 0 aliphatic carbocycles. The summed E-state index contributed by atoms with van der Waals surface area (Å²) in [7, 11) is 2.56. The van der Waals surface area contributed by atoms with E-state index < -0.39 is 11.9 Å². The van der Waals surface area contributed by atoms with Crippen molar-refractivity contribution in [1.82, 2.24) is 0 Å². The number of rotatable bonds is 4. The summed E-state index contributed by atoms with van der Waals surface area (Å²) in [6, 6.07) is 7.46. The maximum absolute atomic E-state index is 12.1. The number of para-hydroxylation sites is 1. The quantitative estimate of drug-likeness (QED) is 0.542. The number of benzene rings is 1. The Balaban J connectivity index is 2.31. The van der Waals surface area contributed by atoms with Gasteiger partial charge in [0.2, 0.25) is 0 Å². The van der Waals surface area contributed by atoms with E-state index in [1.807, 2.05) is 24.3 Å². The number of hydrogen-bond donors (Lipinski definition) is 2. The van der Waals surface area contributed by atoms with Crippen LogP contribution in [-0.2, 0) is 9.47 Å². The fourth-order valence-electron chi connectivity index (χ4n) is 2.06. The highest BCUT2D eigenvalue weighted by molar-refractivity contribution is 9.10. The molecule has 2 N–H and O–H groups in total. The number of esters is 2. The van der Waals surface area contributed by atoms with E-state index >= 15 is 0 Å². The summed E-state index contributed by atoms with van der Waals surface area (Å²) in [5.74, 6) is -1.08. The lowest BCUT2D eigenvalue weighted by Crippen LogP contribution is -2.20. The Morgan fingerprint density at radius 3 is 2.36 bits per heavy atom. The van der Waals surface area contributed by atoms with E-state index in [0.717, 1.165) is 21.5 Å². The van der Waals surface area contributed by atoms with E-state index in [2.05, 4.69) is 26.6 Å². The van der Waals surface area contributed by atoms with Crippen LogP contribution in [0.1, 0.15) is 25.6 Å². The zero-order chi connectivity index (χ0) is 18.6. The molecule has 0 aliphatic heterocycles. The third-order valence-corrected chi connectivity index (χ3v) is 5.34. The summed E-state index contributed by atoms with van der Waals surface area (Å²) in [5, 5.41) is 6.66. The molecule has 0 radical (unpaired) electrons. The number of thiophene rings is 1. The molecule has 0 unspecified atom stereocenters. The summed E-state index contributed by atoms with van der Waals surface area (Å²) in [6.45, 7) is 1.66. The van der Waals surface area contributed by atoms with Crippen molar-refractivity contribution < 1.29 is 19.1 Å². The number of anilines is 2. The zero-order valence-corrected chi connectivity index (χ0v) is 16.9. The fourth-order valence-corrected chi connectivity index (χ4v) is 3.83. The number of ether oxygens (including phenoxy) is 2. The summed E-state index contributed by atoms with van der Waals surface area (Å²) in [4.78, 5) is 24.3. The topological polar surface area (TPSA) is 76.7 Å². The Morgan fingerprint density at radius 2 is 1.76 bits per heavy atom. The number of halogens is 1. The molecule has 1 heterocycles. The van der Waals surface area contributed by atoms with Gasteiger partial charge in [0, 0.05) is 4.47 Å². The summed E-state index contributed by atoms with van der Waals surface area (Å²) in [5.41, 5.74) is 1.50. The molecule has 1 aromatic heterocycles. The van der Waals surface area contributed by atoms with Gasteiger partial charge in [-0.25, -0.2) is 9.59 Å². The monoisotopic (exact) mass is 442 g/mol. The van der Waals surface area contributed by atoms with Gasteiger partial charge in [0.05, 0.1) is 25.5 Å². The molecule has 0 fully saturated rings. The van der Waals surface area contributed by atoms with Crippen LogP contribution in [0.5, 0.6) is 0 Å². The minimum absolute atomic E-state index is 0.254. The SMILES string of the molecule is COC(=O)c1sc(NC(=S)Nc2ccccc2Br)c(C(=O)OC)c1C. The van der Waals surface area contributed by atoms with E-state index in [4.69, 9.17) is 21.7 Å². The molecule has 0 amide bonds. The van der Waals surface area contributed by atoms with Gasteiger partial charge in [0.15, 0.2) is 5.11 Å². The van der Waals surface area contributed by atoms with E-state index in [1.54, 1.807) is 6.92 Å². The first-order valence-corrected chi connectivity index (χ1v) is 9.03. The van der Waals surface area contributed by atoms with E-state index in [1.165, 1.54) is 14.2 Å². The van der Waals surface area contributed by atoms with Gasteiger partial charge in [-0.1, -0.05) is 12.1 Å². The van der Waals surface area contributed by atoms with Gasteiger partial charge in [-0.05, 0) is 52.8 Å². The van der Waals surface area contributed by atoms with Crippen molar-refractivity contribution in [3.8, 4) is 0 Å². The Morgan fingerprint density at radius 1 is 1.12 bits per heavy atom. The summed E-state index contributed by atoms with van der Waals surface area (Å²) >= 11 is 9.80. The minimum Gasteiger partial charge on any atom is -0.465 e. The Bertz CT molecular complexity index is 836. The lowest BCUT2D eigenvalue weighted by atomic mass is 10.1. The smallest absolute Gasteiger partial charge is 0.348 e. The minimum atomic E-state index is -0.560. The van der Waals surface area contributed by atoms with Crippen LogP contribution in [0.25, 0.3) is 0 Å². The van der Waals surface area contributed by atoms with E-state index in [9.17, 15) is 9.59 Å². The molecule has 25 heavy (non-hydrogen) atoms. The number of thiocarbonyl (C=S) groups is 1. The van der Waals surface area contributed by atoms with Crippen LogP contribution in [0.15, 0.2) is 28.7 Å². The average Bonchev–Trinajstić information content (AvgIpc) is 2.91. The van der Waals surface area contributed by atoms with Crippen LogP contribution in [-0.4, -0.2) is 31.3 Å². The molecule has 0 spiro atoms. The van der Waals surface area contributed by atoms with Crippen molar-refractivity contribution in [3.05, 3.63) is 44.7 Å². The van der Waals surface area contributed by atoms with Gasteiger partial charge < -0.3 is 20.1 Å². The average molecular weight is 443 g/mol. The number of carbonyl (C=O) groups is 2. The number of methoxy groups -OCH3 is 2. The van der Waals surface area contributed by atoms with Crippen molar-refractivity contribution in [2.24, 2.45) is 0 Å². The van der Waals surface area contributed by atoms with Gasteiger partial charge in [-0.2, -0.15) is 0 Å². The van der Waals surface area contributed by atoms with Crippen molar-refractivity contribution in [1.29, 1.82) is 0 Å². The molecule has 2 aromatic rings. The highest BCUT2D eigenvalue weighted by atomic mass is 79.9. The van der Waals surface area contributed by atoms with E-state index in [0.29, 0.717) is 15.4 Å². The van der Waals surface area contributed by atoms with Gasteiger partial charge >= 0.3 is 11.9 Å². The molecular weight excluding hydrogens is 428 g/mol. The second kappa shape index (κ2) is 8.41. The zero-order valence-electron chi connectivity index (χ0n) is 13.6. The third kappa shape index (κ3) is 4.36. The lowest BCUT2D eigenvalue weighted by molar-refractivity contribution is 0.0601. The fraction of sp³-hybridized carbons (Fsp3) is 0.188. The van der Waals surface area contributed by atoms with E-state index in [-0.39, 0.29) is 10.7 Å². The lowest BCUT2D eigenvalue weighted by Gasteiger charge is -2.11. The van der Waals surface area contributed by atoms with Gasteiger partial charge in [-0.3, -0.25) is 0 Å². The maximum atomic E-state index is 12.1. The summed E-state index contributed by atoms with van der Waals surface area (Å²) in [6.07, 6.45) is 0. The second-order valence-corrected chi connectivity index (χ2v) is 7.09. The molecular formula is C16H15BrN2O4S2. The van der Waals surface area contributed by atoms with Crippen LogP contribution in [0.3, 0.4) is 0 Å². The van der Waals surface area contributed by atoms with Crippen molar-refractivity contribution >= 4 is 67.2 Å². The molecule has 9 heteroatoms. The molecule has 0 aliphatic rings. The van der Waals surface area contributed by atoms with Crippen LogP contribution < -0.4 is 10.6 Å². The van der Waals surface area contributed by atoms with Crippen LogP contribution in [0, 0.1) is 6.92 Å². The number of carbonyl (C=O) groups excluding carboxylic acids is 2. The predicted octanol–water partition coefficient (Wildman–Crippen LogP) is 4.20. The molecule has 1 aromatic carbocycles. The molecule has 0 saturated heterocycles. The highest BCUT2D eigenvalue weighted by Gasteiger charge is 2.26. The first-order chi connectivity index (χ1) is 11.9. The highest BCUT2D eigenvalue weighted by Crippen LogP contribution is 2.34. The normalized spacial score (nSPS) is 10.1. The van der Waals surface area contributed by atoms with Crippen molar-refractivity contribution in [3.63, 3.8) is 0 Å². The molecule has 0 saturated carbocycles. The number of hydrogen-bond acceptors (Lipinski definition) is 6. The van der Waals surface area contributed by atoms with Crippen molar-refractivity contribution in [2.45, 2.75) is 6.92 Å². The molecule has 6 nitrogen and oxygen atoms in total. The Hall–Kier alpha value is -1.97. The largest absolute Gasteiger partial charge is 0.465 e. The van der Waals surface area contributed by atoms with Crippen LogP contribution in [0.2, 0.25) is 0 Å². The van der Waals surface area contributed by atoms with Gasteiger partial charge in [-0.15, -0.1) is 11.3 Å². The Labute approximate surface area is 162 Å². The Kier molecular flexibility index (Phi) is 6.51. The maximum Gasteiger partial charge on any atom is 0.348 e. The molecule has 0 atom stereocenters. The predicted molar refractivity (Wildman–Crippen MR) is 106 cm³/mol. The standard InChI is InChI=1S/C16H15BrN2O4S2/c1-8-11(14(20)22-2)13(25-12(8)15(21)23-3)19-16(24)18-10-7-5-4-6-9(10)17/h4-7H,1-3H3,(H2,18,19,24). The van der Waals surface area contributed by atoms with Gasteiger partial charge in [0.25, 0.3) is 0 Å². The first kappa shape index (κ1) is 19.4. The third-order valence-electron chi connectivity index (χ3n) is 3.26. The van der Waals surface area contributed by atoms with Gasteiger partial charge in [0.1, 0.15) is 9.88 Å². The summed E-state index contributed by atoms with van der Waals surface area (Å²) < 4.78 is 10.4. The number of nitrogens with one attached hydrogen (secondary N) is 2. The van der Waals surface area contributed by atoms with Crippen LogP contribution in [0.4, 0.5) is 10.7 Å². The first-order valence-electron chi connectivity index (χ1n) is 7.01.